The normalized spacial score (nSPS) is 15.3. The van der Waals surface area contributed by atoms with Crippen LogP contribution in [0, 0.1) is 0 Å². The zero-order chi connectivity index (χ0) is 13.2. The van der Waals surface area contributed by atoms with Gasteiger partial charge in [0.25, 0.3) is 5.91 Å². The number of aliphatic imine (C=N–C) groups is 1. The molecule has 0 saturated carbocycles. The first-order valence-electron chi connectivity index (χ1n) is 6.07. The molecular weight excluding hydrogens is 240 g/mol. The van der Waals surface area contributed by atoms with Gasteiger partial charge in [0.2, 0.25) is 5.91 Å². The predicted molar refractivity (Wildman–Crippen MR) is 72.6 cm³/mol. The third kappa shape index (κ3) is 2.25. The largest absolute Gasteiger partial charge is 0.298 e. The summed E-state index contributed by atoms with van der Waals surface area (Å²) < 4.78 is 0. The van der Waals surface area contributed by atoms with Gasteiger partial charge in [-0.3, -0.25) is 14.5 Å². The highest BCUT2D eigenvalue weighted by molar-refractivity contribution is 6.07. The molecule has 2 amide bonds. The summed E-state index contributed by atoms with van der Waals surface area (Å²) in [4.78, 5) is 28.0. The van der Waals surface area contributed by atoms with E-state index in [1.165, 1.54) is 11.2 Å². The van der Waals surface area contributed by atoms with Gasteiger partial charge in [-0.15, -0.1) is 0 Å². The first-order valence-corrected chi connectivity index (χ1v) is 6.07. The molecule has 0 unspecified atom stereocenters. The maximum absolute atomic E-state index is 11.8. The lowest BCUT2D eigenvalue weighted by Crippen LogP contribution is -2.34. The van der Waals surface area contributed by atoms with Crippen molar-refractivity contribution in [3.05, 3.63) is 48.0 Å². The van der Waals surface area contributed by atoms with Crippen molar-refractivity contribution in [3.8, 4) is 0 Å². The molecule has 0 bridgehead atoms. The molecular formula is C15H12N2O2. The zero-order valence-corrected chi connectivity index (χ0v) is 10.2. The van der Waals surface area contributed by atoms with Gasteiger partial charge in [-0.25, -0.2) is 4.99 Å². The number of hydrogen-bond acceptors (Lipinski definition) is 2. The van der Waals surface area contributed by atoms with Gasteiger partial charge in [-0.2, -0.15) is 0 Å². The lowest BCUT2D eigenvalue weighted by Gasteiger charge is -2.20. The van der Waals surface area contributed by atoms with E-state index in [1.807, 2.05) is 42.5 Å². The molecule has 0 spiro atoms. The molecule has 4 heteroatoms. The summed E-state index contributed by atoms with van der Waals surface area (Å²) in [7, 11) is 0. The van der Waals surface area contributed by atoms with E-state index in [9.17, 15) is 9.59 Å². The van der Waals surface area contributed by atoms with E-state index >= 15 is 0 Å². The molecule has 0 saturated heterocycles. The minimum Gasteiger partial charge on any atom is -0.298 e. The van der Waals surface area contributed by atoms with Crippen molar-refractivity contribution in [1.29, 1.82) is 0 Å². The van der Waals surface area contributed by atoms with Crippen LogP contribution < -0.4 is 0 Å². The summed E-state index contributed by atoms with van der Waals surface area (Å²) in [5.41, 5.74) is 1.05. The van der Waals surface area contributed by atoms with Crippen LogP contribution in [0.4, 0.5) is 0 Å². The van der Waals surface area contributed by atoms with E-state index in [1.54, 1.807) is 0 Å². The molecule has 2 aromatic carbocycles. The van der Waals surface area contributed by atoms with Gasteiger partial charge in [-0.05, 0) is 16.3 Å². The van der Waals surface area contributed by atoms with Crippen LogP contribution in [-0.4, -0.2) is 23.1 Å². The van der Waals surface area contributed by atoms with Crippen molar-refractivity contribution in [2.45, 2.75) is 13.0 Å². The number of nitrogens with zero attached hydrogens (tertiary/aromatic N) is 2. The van der Waals surface area contributed by atoms with Crippen molar-refractivity contribution in [2.75, 3.05) is 0 Å². The number of benzene rings is 2. The van der Waals surface area contributed by atoms with E-state index in [0.717, 1.165) is 16.3 Å². The summed E-state index contributed by atoms with van der Waals surface area (Å²) in [6.07, 6.45) is 1.19. The molecule has 3 rings (SSSR count). The fourth-order valence-corrected chi connectivity index (χ4v) is 2.22. The number of carbonyl (C=O) groups is 2. The second kappa shape index (κ2) is 4.65. The SMILES string of the molecule is O=C1CC(=O)N(Cc2cccc3ccccc23)C=N1. The Kier molecular flexibility index (Phi) is 2.83. The van der Waals surface area contributed by atoms with Gasteiger partial charge >= 0.3 is 0 Å². The summed E-state index contributed by atoms with van der Waals surface area (Å²) in [5, 5.41) is 2.25. The molecule has 1 aliphatic rings. The average Bonchev–Trinajstić information content (AvgIpc) is 2.42. The minimum atomic E-state index is -0.376. The van der Waals surface area contributed by atoms with Crippen LogP contribution in [0.2, 0.25) is 0 Å². The maximum atomic E-state index is 11.8. The quantitative estimate of drug-likeness (QED) is 0.769. The lowest BCUT2D eigenvalue weighted by molar-refractivity contribution is -0.133. The Morgan fingerprint density at radius 2 is 1.84 bits per heavy atom. The Bertz CT molecular complexity index is 686. The molecule has 0 aromatic heterocycles. The Balaban J connectivity index is 1.96. The van der Waals surface area contributed by atoms with Crippen molar-refractivity contribution in [1.82, 2.24) is 4.90 Å². The second-order valence-electron chi connectivity index (χ2n) is 4.47. The summed E-state index contributed by atoms with van der Waals surface area (Å²) in [6, 6.07) is 14.0. The highest BCUT2D eigenvalue weighted by Crippen LogP contribution is 2.20. The molecule has 0 fully saturated rings. The smallest absolute Gasteiger partial charge is 0.256 e. The van der Waals surface area contributed by atoms with Crippen molar-refractivity contribution < 1.29 is 9.59 Å². The first-order chi connectivity index (χ1) is 9.24. The van der Waals surface area contributed by atoms with Gasteiger partial charge < -0.3 is 0 Å². The zero-order valence-electron chi connectivity index (χ0n) is 10.2. The minimum absolute atomic E-state index is 0.138. The molecule has 19 heavy (non-hydrogen) atoms. The highest BCUT2D eigenvalue weighted by atomic mass is 16.2. The van der Waals surface area contributed by atoms with Crippen LogP contribution in [0.1, 0.15) is 12.0 Å². The highest BCUT2D eigenvalue weighted by Gasteiger charge is 2.20. The van der Waals surface area contributed by atoms with Crippen LogP contribution >= 0.6 is 0 Å². The molecule has 4 nitrogen and oxygen atoms in total. The van der Waals surface area contributed by atoms with Crippen LogP contribution in [-0.2, 0) is 16.1 Å². The van der Waals surface area contributed by atoms with E-state index in [-0.39, 0.29) is 18.2 Å². The molecule has 2 aromatic rings. The van der Waals surface area contributed by atoms with Crippen LogP contribution in [0.25, 0.3) is 10.8 Å². The summed E-state index contributed by atoms with van der Waals surface area (Å²) in [5.74, 6) is -0.577. The van der Waals surface area contributed by atoms with E-state index < -0.39 is 0 Å². The third-order valence-corrected chi connectivity index (χ3v) is 3.18. The number of hydrogen-bond donors (Lipinski definition) is 0. The van der Waals surface area contributed by atoms with E-state index in [4.69, 9.17) is 0 Å². The number of carbonyl (C=O) groups excluding carboxylic acids is 2. The molecule has 94 valence electrons. The third-order valence-electron chi connectivity index (χ3n) is 3.18. The standard InChI is InChI=1S/C15H12N2O2/c18-14-8-15(19)17(10-16-14)9-12-6-3-5-11-4-1-2-7-13(11)12/h1-7,10H,8-9H2. The molecule has 0 N–H and O–H groups in total. The predicted octanol–water partition coefficient (Wildman–Crippen LogP) is 2.13. The Hall–Kier alpha value is -2.49. The van der Waals surface area contributed by atoms with Crippen LogP contribution in [0.15, 0.2) is 47.5 Å². The van der Waals surface area contributed by atoms with Crippen molar-refractivity contribution >= 4 is 28.9 Å². The van der Waals surface area contributed by atoms with Crippen LogP contribution in [0.5, 0.6) is 0 Å². The monoisotopic (exact) mass is 252 g/mol. The van der Waals surface area contributed by atoms with Crippen molar-refractivity contribution in [2.24, 2.45) is 4.99 Å². The Morgan fingerprint density at radius 3 is 2.68 bits per heavy atom. The molecule has 0 radical (unpaired) electrons. The maximum Gasteiger partial charge on any atom is 0.256 e. The molecule has 0 atom stereocenters. The summed E-state index contributed by atoms with van der Waals surface area (Å²) in [6.45, 7) is 0.441. The Labute approximate surface area is 110 Å². The fraction of sp³-hybridized carbons (Fsp3) is 0.133. The van der Waals surface area contributed by atoms with Gasteiger partial charge in [-0.1, -0.05) is 42.5 Å². The molecule has 0 aliphatic carbocycles. The van der Waals surface area contributed by atoms with Gasteiger partial charge in [0.15, 0.2) is 0 Å². The number of rotatable bonds is 2. The van der Waals surface area contributed by atoms with Gasteiger partial charge in [0.05, 0.1) is 6.54 Å². The lowest BCUT2D eigenvalue weighted by atomic mass is 10.0. The van der Waals surface area contributed by atoms with Gasteiger partial charge in [0.1, 0.15) is 12.8 Å². The second-order valence-corrected chi connectivity index (χ2v) is 4.47. The van der Waals surface area contributed by atoms with E-state index in [0.29, 0.717) is 6.54 Å². The molecule has 1 aliphatic heterocycles. The van der Waals surface area contributed by atoms with Gasteiger partial charge in [0, 0.05) is 0 Å². The van der Waals surface area contributed by atoms with Crippen LogP contribution in [0.3, 0.4) is 0 Å². The van der Waals surface area contributed by atoms with Crippen molar-refractivity contribution in [3.63, 3.8) is 0 Å². The number of amides is 2. The fourth-order valence-electron chi connectivity index (χ4n) is 2.22. The first kappa shape index (κ1) is 11.6. The number of fused-ring (bicyclic) bond motifs is 1. The Morgan fingerprint density at radius 1 is 1.05 bits per heavy atom. The summed E-state index contributed by atoms with van der Waals surface area (Å²) >= 11 is 0. The topological polar surface area (TPSA) is 49.7 Å². The average molecular weight is 252 g/mol. The van der Waals surface area contributed by atoms with E-state index in [2.05, 4.69) is 4.99 Å². The molecule has 1 heterocycles.